The molecule has 0 saturated heterocycles. The summed E-state index contributed by atoms with van der Waals surface area (Å²) in [6.45, 7) is 4.52. The number of ether oxygens (including phenoxy) is 4. The van der Waals surface area contributed by atoms with Crippen LogP contribution in [0.3, 0.4) is 0 Å². The van der Waals surface area contributed by atoms with Gasteiger partial charge in [-0.25, -0.2) is 9.13 Å². The van der Waals surface area contributed by atoms with Gasteiger partial charge in [0.25, 0.3) is 0 Å². The van der Waals surface area contributed by atoms with Crippen LogP contribution in [0.2, 0.25) is 0 Å². The monoisotopic (exact) mass is 1440 g/mol. The molecule has 0 saturated carbocycles. The van der Waals surface area contributed by atoms with E-state index in [4.69, 9.17) is 37.0 Å². The lowest BCUT2D eigenvalue weighted by Crippen LogP contribution is -2.30. The van der Waals surface area contributed by atoms with Crippen molar-refractivity contribution in [3.05, 3.63) is 122 Å². The summed E-state index contributed by atoms with van der Waals surface area (Å²) in [5, 5.41) is 10.6. The molecule has 19 heteroatoms. The average molecular weight is 1450 g/mol. The van der Waals surface area contributed by atoms with Crippen molar-refractivity contribution in [1.29, 1.82) is 0 Å². The topological polar surface area (TPSA) is 237 Å². The van der Waals surface area contributed by atoms with Gasteiger partial charge in [0.1, 0.15) is 19.3 Å². The van der Waals surface area contributed by atoms with Crippen LogP contribution in [-0.2, 0) is 65.4 Å². The number of aliphatic hydroxyl groups is 1. The minimum atomic E-state index is -4.99. The molecule has 100 heavy (non-hydrogen) atoms. The molecule has 0 spiro atoms. The number of allylic oxidation sites excluding steroid dienone is 20. The molecule has 0 amide bonds. The summed E-state index contributed by atoms with van der Waals surface area (Å²) >= 11 is 0. The third-order valence-corrected chi connectivity index (χ3v) is 17.8. The standard InChI is InChI=1S/C81H138O17P2/c1-5-9-13-17-21-25-29-33-36-37-40-43-46-50-54-58-62-66-79(84)92-71-76(97-80(85)67-63-59-55-51-47-41-32-28-24-20-16-12-8-4)73-95-99(87,88)93-69-75(82)70-94-100(89,90)96-74-77(98-81(86)68-64-60-56-52-48-44-39-35-31-27-23-19-15-11-7-3)72-91-78(83)65-61-57-53-49-45-42-38-34-30-26-22-18-14-10-6-2/h9-10,13-14,16,20-22,25-26,28,32-36,38-40,43,75-77,82H,5-8,11-12,15,17-19,23-24,27,29-31,37,41-42,44-74H2,1-4H3,(H,87,88)(H,89,90)/b13-9-,14-10-,20-16-,25-21-,26-22-,32-28-,36-33-,38-34-,39-35-,43-40-. The van der Waals surface area contributed by atoms with Crippen molar-refractivity contribution in [2.45, 2.75) is 329 Å². The Morgan fingerprint density at radius 1 is 0.290 bits per heavy atom. The fourth-order valence-electron chi connectivity index (χ4n) is 10.0. The second kappa shape index (κ2) is 72.8. The largest absolute Gasteiger partial charge is 0.472 e. The molecule has 5 unspecified atom stereocenters. The quantitative estimate of drug-likeness (QED) is 0.0169. The maximum atomic E-state index is 13.1. The molecule has 0 aliphatic rings. The second-order valence-corrected chi connectivity index (χ2v) is 28.4. The number of rotatable bonds is 72. The lowest BCUT2D eigenvalue weighted by Gasteiger charge is -2.21. The highest BCUT2D eigenvalue weighted by Gasteiger charge is 2.30. The summed E-state index contributed by atoms with van der Waals surface area (Å²) in [7, 11) is -9.97. The molecule has 574 valence electrons. The van der Waals surface area contributed by atoms with E-state index in [1.165, 1.54) is 38.5 Å². The van der Waals surface area contributed by atoms with Gasteiger partial charge in [-0.2, -0.15) is 0 Å². The molecule has 0 radical (unpaired) electrons. The van der Waals surface area contributed by atoms with Gasteiger partial charge in [-0.05, 0) is 148 Å². The number of carbonyl (C=O) groups is 4. The van der Waals surface area contributed by atoms with E-state index < -0.39 is 97.5 Å². The predicted octanol–water partition coefficient (Wildman–Crippen LogP) is 22.3. The van der Waals surface area contributed by atoms with Crippen LogP contribution in [0.15, 0.2) is 122 Å². The van der Waals surface area contributed by atoms with Crippen LogP contribution in [0.5, 0.6) is 0 Å². The van der Waals surface area contributed by atoms with Crippen molar-refractivity contribution in [1.82, 2.24) is 0 Å². The first-order valence-corrected chi connectivity index (χ1v) is 41.8. The first-order chi connectivity index (χ1) is 48.7. The summed E-state index contributed by atoms with van der Waals surface area (Å²) in [5.74, 6) is -2.24. The zero-order chi connectivity index (χ0) is 73.2. The average Bonchev–Trinajstić information content (AvgIpc) is 0.965. The van der Waals surface area contributed by atoms with Crippen LogP contribution in [0.4, 0.5) is 0 Å². The van der Waals surface area contributed by atoms with Crippen molar-refractivity contribution in [3.63, 3.8) is 0 Å². The third-order valence-electron chi connectivity index (χ3n) is 15.9. The zero-order valence-corrected chi connectivity index (χ0v) is 64.4. The van der Waals surface area contributed by atoms with Crippen molar-refractivity contribution >= 4 is 39.5 Å². The molecule has 0 heterocycles. The number of hydrogen-bond acceptors (Lipinski definition) is 15. The van der Waals surface area contributed by atoms with E-state index in [9.17, 15) is 43.2 Å². The Balaban J connectivity index is 5.39. The molecule has 0 aromatic heterocycles. The van der Waals surface area contributed by atoms with E-state index in [1.807, 2.05) is 0 Å². The Hall–Kier alpha value is -4.54. The third kappa shape index (κ3) is 71.8. The van der Waals surface area contributed by atoms with Crippen molar-refractivity contribution in [3.8, 4) is 0 Å². The first kappa shape index (κ1) is 95.5. The number of phosphoric acid groups is 2. The van der Waals surface area contributed by atoms with Gasteiger partial charge in [0, 0.05) is 25.7 Å². The molecule has 17 nitrogen and oxygen atoms in total. The fraction of sp³-hybridized carbons (Fsp3) is 0.704. The van der Waals surface area contributed by atoms with E-state index >= 15 is 0 Å². The summed E-state index contributed by atoms with van der Waals surface area (Å²) in [4.78, 5) is 72.9. The number of phosphoric ester groups is 2. The number of carbonyl (C=O) groups excluding carboxylic acids is 4. The van der Waals surface area contributed by atoms with Crippen LogP contribution in [0.1, 0.15) is 310 Å². The molecular formula is C81H138O17P2. The number of hydrogen-bond donors (Lipinski definition) is 3. The maximum Gasteiger partial charge on any atom is 0.472 e. The molecule has 0 rings (SSSR count). The molecule has 0 aliphatic carbocycles. The van der Waals surface area contributed by atoms with Gasteiger partial charge in [-0.15, -0.1) is 0 Å². The van der Waals surface area contributed by atoms with Gasteiger partial charge in [0.15, 0.2) is 12.2 Å². The Morgan fingerprint density at radius 3 is 0.850 bits per heavy atom. The minimum absolute atomic E-state index is 0.0704. The van der Waals surface area contributed by atoms with E-state index in [0.717, 1.165) is 193 Å². The Labute approximate surface area is 606 Å². The van der Waals surface area contributed by atoms with Gasteiger partial charge in [0.2, 0.25) is 0 Å². The van der Waals surface area contributed by atoms with Gasteiger partial charge in [0.05, 0.1) is 26.4 Å². The molecule has 3 N–H and O–H groups in total. The van der Waals surface area contributed by atoms with Crippen LogP contribution >= 0.6 is 15.6 Å². The van der Waals surface area contributed by atoms with Crippen LogP contribution in [0, 0.1) is 0 Å². The Bertz CT molecular complexity index is 2370. The smallest absolute Gasteiger partial charge is 0.462 e. The Kier molecular flexibility index (Phi) is 69.5. The second-order valence-electron chi connectivity index (χ2n) is 25.5. The fourth-order valence-corrected chi connectivity index (χ4v) is 11.6. The molecular weight excluding hydrogens is 1310 g/mol. The lowest BCUT2D eigenvalue weighted by molar-refractivity contribution is -0.161. The predicted molar refractivity (Wildman–Crippen MR) is 408 cm³/mol. The van der Waals surface area contributed by atoms with E-state index in [1.54, 1.807) is 0 Å². The number of esters is 4. The maximum absolute atomic E-state index is 13.1. The van der Waals surface area contributed by atoms with E-state index in [0.29, 0.717) is 25.7 Å². The first-order valence-electron chi connectivity index (χ1n) is 38.8. The van der Waals surface area contributed by atoms with Gasteiger partial charge in [-0.3, -0.25) is 37.3 Å². The highest BCUT2D eigenvalue weighted by molar-refractivity contribution is 7.47. The molecule has 0 aromatic rings. The number of aliphatic hydroxyl groups excluding tert-OH is 1. The Morgan fingerprint density at radius 2 is 0.540 bits per heavy atom. The van der Waals surface area contributed by atoms with Crippen LogP contribution < -0.4 is 0 Å². The molecule has 0 bridgehead atoms. The summed E-state index contributed by atoms with van der Waals surface area (Å²) in [5.41, 5.74) is 0. The molecule has 0 aromatic carbocycles. The summed E-state index contributed by atoms with van der Waals surface area (Å²) in [6.07, 6.45) is 79.0. The SMILES string of the molecule is CC/C=C\C/C=C\C/C=C\C/C=C\CCCCCCC(=O)OCC(COP(=O)(O)OCC(O)COP(=O)(O)OCC(COC(=O)CCCCCCC/C=C\C/C=C\C/C=C\CC)OC(=O)CCCCCCC/C=C\CCCCCCCC)OC(=O)CCCCCCC/C=C\C/C=C\CCC. The summed E-state index contributed by atoms with van der Waals surface area (Å²) in [6, 6.07) is 0. The summed E-state index contributed by atoms with van der Waals surface area (Å²) < 4.78 is 68.5. The highest BCUT2D eigenvalue weighted by Crippen LogP contribution is 2.45. The molecule has 0 fully saturated rings. The van der Waals surface area contributed by atoms with Crippen molar-refractivity contribution in [2.75, 3.05) is 39.6 Å². The highest BCUT2D eigenvalue weighted by atomic mass is 31.2. The molecule has 0 aliphatic heterocycles. The lowest BCUT2D eigenvalue weighted by atomic mass is 10.1. The number of unbranched alkanes of at least 4 members (excludes halogenated alkanes) is 26. The van der Waals surface area contributed by atoms with Crippen LogP contribution in [-0.4, -0.2) is 96.7 Å². The van der Waals surface area contributed by atoms with Crippen molar-refractivity contribution < 1.29 is 80.2 Å². The minimum Gasteiger partial charge on any atom is -0.462 e. The van der Waals surface area contributed by atoms with E-state index in [-0.39, 0.29) is 25.7 Å². The van der Waals surface area contributed by atoms with Gasteiger partial charge < -0.3 is 33.8 Å². The molecule has 5 atom stereocenters. The van der Waals surface area contributed by atoms with Gasteiger partial charge >= 0.3 is 39.5 Å². The van der Waals surface area contributed by atoms with Crippen LogP contribution in [0.25, 0.3) is 0 Å². The zero-order valence-electron chi connectivity index (χ0n) is 62.6. The van der Waals surface area contributed by atoms with E-state index in [2.05, 4.69) is 149 Å². The normalized spacial score (nSPS) is 14.6. The van der Waals surface area contributed by atoms with Gasteiger partial charge in [-0.1, -0.05) is 258 Å². The van der Waals surface area contributed by atoms with Crippen molar-refractivity contribution in [2.24, 2.45) is 0 Å².